The molecule has 0 radical (unpaired) electrons. The van der Waals surface area contributed by atoms with E-state index in [0.29, 0.717) is 11.3 Å². The highest BCUT2D eigenvalue weighted by molar-refractivity contribution is 6.32. The van der Waals surface area contributed by atoms with Crippen molar-refractivity contribution in [1.29, 1.82) is 0 Å². The van der Waals surface area contributed by atoms with Crippen LogP contribution in [0.4, 0.5) is 11.4 Å². The maximum atomic E-state index is 12.0. The quantitative estimate of drug-likeness (QED) is 0.670. The van der Waals surface area contributed by atoms with Gasteiger partial charge in [-0.1, -0.05) is 11.6 Å². The molecule has 7 heteroatoms. The standard InChI is InChI=1S/C14H11ClN2O4/c1-8-6-9(2-5-12(8)17(20)21)14(19)16-10-3-4-11(15)13(18)7-10/h2-7,18H,1H3,(H,16,19). The van der Waals surface area contributed by atoms with Crippen molar-refractivity contribution in [3.05, 3.63) is 62.7 Å². The summed E-state index contributed by atoms with van der Waals surface area (Å²) in [4.78, 5) is 22.3. The predicted molar refractivity (Wildman–Crippen MR) is 78.9 cm³/mol. The van der Waals surface area contributed by atoms with Crippen molar-refractivity contribution in [2.75, 3.05) is 5.32 Å². The topological polar surface area (TPSA) is 92.5 Å². The minimum Gasteiger partial charge on any atom is -0.506 e. The monoisotopic (exact) mass is 306 g/mol. The van der Waals surface area contributed by atoms with Crippen LogP contribution in [0.5, 0.6) is 5.75 Å². The van der Waals surface area contributed by atoms with Gasteiger partial charge in [-0.15, -0.1) is 0 Å². The molecule has 0 atom stereocenters. The summed E-state index contributed by atoms with van der Waals surface area (Å²) in [6, 6.07) is 8.40. The van der Waals surface area contributed by atoms with Crippen molar-refractivity contribution in [3.63, 3.8) is 0 Å². The third-order valence-corrected chi connectivity index (χ3v) is 3.18. The Bertz CT molecular complexity index is 731. The summed E-state index contributed by atoms with van der Waals surface area (Å²) >= 11 is 5.68. The molecule has 0 fully saturated rings. The normalized spacial score (nSPS) is 10.2. The molecule has 6 nitrogen and oxygen atoms in total. The van der Waals surface area contributed by atoms with Crippen LogP contribution >= 0.6 is 11.6 Å². The van der Waals surface area contributed by atoms with Gasteiger partial charge < -0.3 is 10.4 Å². The fourth-order valence-electron chi connectivity index (χ4n) is 1.80. The first-order valence-corrected chi connectivity index (χ1v) is 6.31. The number of hydrogen-bond donors (Lipinski definition) is 2. The lowest BCUT2D eigenvalue weighted by Crippen LogP contribution is -2.12. The molecular weight excluding hydrogens is 296 g/mol. The Balaban J connectivity index is 2.22. The first-order chi connectivity index (χ1) is 9.88. The molecule has 0 bridgehead atoms. The number of aromatic hydroxyl groups is 1. The van der Waals surface area contributed by atoms with E-state index in [1.54, 1.807) is 6.92 Å². The first-order valence-electron chi connectivity index (χ1n) is 5.93. The lowest BCUT2D eigenvalue weighted by Gasteiger charge is -2.07. The van der Waals surface area contributed by atoms with E-state index in [4.69, 9.17) is 11.6 Å². The smallest absolute Gasteiger partial charge is 0.272 e. The molecule has 0 aliphatic rings. The number of carbonyl (C=O) groups is 1. The van der Waals surface area contributed by atoms with Crippen molar-refractivity contribution in [2.45, 2.75) is 6.92 Å². The van der Waals surface area contributed by atoms with Crippen LogP contribution in [-0.4, -0.2) is 15.9 Å². The highest BCUT2D eigenvalue weighted by atomic mass is 35.5. The molecule has 0 saturated heterocycles. The minimum absolute atomic E-state index is 0.0457. The Kier molecular flexibility index (Phi) is 4.09. The van der Waals surface area contributed by atoms with Gasteiger partial charge in [0, 0.05) is 28.9 Å². The van der Waals surface area contributed by atoms with Gasteiger partial charge >= 0.3 is 0 Å². The number of rotatable bonds is 3. The van der Waals surface area contributed by atoms with E-state index in [0.717, 1.165) is 0 Å². The summed E-state index contributed by atoms with van der Waals surface area (Å²) in [7, 11) is 0. The lowest BCUT2D eigenvalue weighted by molar-refractivity contribution is -0.385. The zero-order valence-electron chi connectivity index (χ0n) is 11.0. The van der Waals surface area contributed by atoms with Crippen LogP contribution < -0.4 is 5.32 Å². The van der Waals surface area contributed by atoms with Crippen molar-refractivity contribution >= 4 is 28.9 Å². The maximum Gasteiger partial charge on any atom is 0.272 e. The van der Waals surface area contributed by atoms with Crippen molar-refractivity contribution in [1.82, 2.24) is 0 Å². The SMILES string of the molecule is Cc1cc(C(=O)Nc2ccc(Cl)c(O)c2)ccc1[N+](=O)[O-]. The van der Waals surface area contributed by atoms with Crippen molar-refractivity contribution in [3.8, 4) is 5.75 Å². The second kappa shape index (κ2) is 5.80. The number of phenols is 1. The van der Waals surface area contributed by atoms with Crippen LogP contribution in [0.25, 0.3) is 0 Å². The summed E-state index contributed by atoms with van der Waals surface area (Å²) in [5.74, 6) is -0.580. The molecule has 2 aromatic carbocycles. The molecule has 0 aliphatic heterocycles. The molecule has 2 aromatic rings. The highest BCUT2D eigenvalue weighted by Gasteiger charge is 2.14. The molecule has 21 heavy (non-hydrogen) atoms. The maximum absolute atomic E-state index is 12.0. The van der Waals surface area contributed by atoms with Gasteiger partial charge in [0.15, 0.2) is 0 Å². The molecule has 0 saturated carbocycles. The number of nitro benzene ring substituents is 1. The van der Waals surface area contributed by atoms with E-state index in [1.165, 1.54) is 36.4 Å². The number of benzene rings is 2. The Morgan fingerprint density at radius 2 is 2.00 bits per heavy atom. The van der Waals surface area contributed by atoms with Gasteiger partial charge in [0.2, 0.25) is 0 Å². The number of anilines is 1. The highest BCUT2D eigenvalue weighted by Crippen LogP contribution is 2.26. The van der Waals surface area contributed by atoms with Gasteiger partial charge in [-0.25, -0.2) is 0 Å². The molecule has 2 N–H and O–H groups in total. The van der Waals surface area contributed by atoms with Crippen LogP contribution in [0.3, 0.4) is 0 Å². The molecule has 0 unspecified atom stereocenters. The number of amides is 1. The lowest BCUT2D eigenvalue weighted by atomic mass is 10.1. The van der Waals surface area contributed by atoms with Gasteiger partial charge in [-0.3, -0.25) is 14.9 Å². The van der Waals surface area contributed by atoms with Gasteiger partial charge in [-0.2, -0.15) is 0 Å². The zero-order valence-corrected chi connectivity index (χ0v) is 11.7. The molecule has 1 amide bonds. The average molecular weight is 307 g/mol. The second-order valence-corrected chi connectivity index (χ2v) is 4.79. The van der Waals surface area contributed by atoms with E-state index in [2.05, 4.69) is 5.32 Å². The van der Waals surface area contributed by atoms with Crippen LogP contribution in [0.1, 0.15) is 15.9 Å². The van der Waals surface area contributed by atoms with Crippen molar-refractivity contribution < 1.29 is 14.8 Å². The average Bonchev–Trinajstić information content (AvgIpc) is 2.42. The van der Waals surface area contributed by atoms with E-state index in [9.17, 15) is 20.0 Å². The molecular formula is C14H11ClN2O4. The van der Waals surface area contributed by atoms with Crippen LogP contribution in [0, 0.1) is 17.0 Å². The van der Waals surface area contributed by atoms with Gasteiger partial charge in [-0.05, 0) is 31.2 Å². The summed E-state index contributed by atoms with van der Waals surface area (Å²) < 4.78 is 0. The number of phenolic OH excluding ortho intramolecular Hbond substituents is 1. The first kappa shape index (κ1) is 14.8. The summed E-state index contributed by atoms with van der Waals surface area (Å²) in [6.45, 7) is 1.56. The molecule has 0 aliphatic carbocycles. The Hall–Kier alpha value is -2.60. The number of halogens is 1. The number of aryl methyl sites for hydroxylation is 1. The van der Waals surface area contributed by atoms with Gasteiger partial charge in [0.1, 0.15) is 5.75 Å². The van der Waals surface area contributed by atoms with E-state index in [-0.39, 0.29) is 22.0 Å². The molecule has 0 heterocycles. The van der Waals surface area contributed by atoms with Gasteiger partial charge in [0.05, 0.1) is 9.95 Å². The number of nitrogens with zero attached hydrogens (tertiary/aromatic N) is 1. The van der Waals surface area contributed by atoms with Crippen LogP contribution in [0.15, 0.2) is 36.4 Å². The number of hydrogen-bond acceptors (Lipinski definition) is 4. The van der Waals surface area contributed by atoms with E-state index < -0.39 is 10.8 Å². The van der Waals surface area contributed by atoms with E-state index in [1.807, 2.05) is 0 Å². The summed E-state index contributed by atoms with van der Waals surface area (Å²) in [6.07, 6.45) is 0. The zero-order chi connectivity index (χ0) is 15.6. The second-order valence-electron chi connectivity index (χ2n) is 4.38. The fraction of sp³-hybridized carbons (Fsp3) is 0.0714. The summed E-state index contributed by atoms with van der Waals surface area (Å²) in [5, 5.41) is 22.9. The minimum atomic E-state index is -0.506. The molecule has 108 valence electrons. The Labute approximate surface area is 125 Å². The number of nitro groups is 1. The predicted octanol–water partition coefficient (Wildman–Crippen LogP) is 3.51. The fourth-order valence-corrected chi connectivity index (χ4v) is 1.91. The number of carbonyl (C=O) groups excluding carboxylic acids is 1. The van der Waals surface area contributed by atoms with E-state index >= 15 is 0 Å². The van der Waals surface area contributed by atoms with Gasteiger partial charge in [0.25, 0.3) is 11.6 Å². The van der Waals surface area contributed by atoms with Crippen LogP contribution in [-0.2, 0) is 0 Å². The Morgan fingerprint density at radius 3 is 2.57 bits per heavy atom. The van der Waals surface area contributed by atoms with Crippen LogP contribution in [0.2, 0.25) is 5.02 Å². The summed E-state index contributed by atoms with van der Waals surface area (Å²) in [5.41, 5.74) is 1.01. The third-order valence-electron chi connectivity index (χ3n) is 2.86. The third kappa shape index (κ3) is 3.29. The number of nitrogens with one attached hydrogen (secondary N) is 1. The van der Waals surface area contributed by atoms with Crippen molar-refractivity contribution in [2.24, 2.45) is 0 Å². The largest absolute Gasteiger partial charge is 0.506 e. The molecule has 0 spiro atoms. The molecule has 2 rings (SSSR count). The molecule has 0 aromatic heterocycles. The Morgan fingerprint density at radius 1 is 1.29 bits per heavy atom.